The molecule has 0 fully saturated rings. The van der Waals surface area contributed by atoms with Gasteiger partial charge in [-0.15, -0.1) is 11.3 Å². The summed E-state index contributed by atoms with van der Waals surface area (Å²) in [4.78, 5) is 18.2. The van der Waals surface area contributed by atoms with Gasteiger partial charge in [0.05, 0.1) is 23.3 Å². The molecule has 2 rings (SSSR count). The van der Waals surface area contributed by atoms with Crippen molar-refractivity contribution in [1.29, 1.82) is 0 Å². The van der Waals surface area contributed by atoms with E-state index in [0.717, 1.165) is 5.69 Å². The van der Waals surface area contributed by atoms with Crippen LogP contribution in [0, 0.1) is 11.8 Å². The van der Waals surface area contributed by atoms with E-state index in [2.05, 4.69) is 16.8 Å². The summed E-state index contributed by atoms with van der Waals surface area (Å²) in [5.74, 6) is 5.25. The zero-order chi connectivity index (χ0) is 14.4. The average molecular weight is 286 g/mol. The summed E-state index contributed by atoms with van der Waals surface area (Å²) in [6, 6.07) is 7.13. The van der Waals surface area contributed by atoms with Crippen LogP contribution in [-0.2, 0) is 6.54 Å². The first-order valence-corrected chi connectivity index (χ1v) is 6.98. The Morgan fingerprint density at radius 2 is 2.25 bits per heavy atom. The van der Waals surface area contributed by atoms with Crippen molar-refractivity contribution in [2.24, 2.45) is 0 Å². The predicted molar refractivity (Wildman–Crippen MR) is 78.3 cm³/mol. The van der Waals surface area contributed by atoms with Crippen molar-refractivity contribution in [2.45, 2.75) is 6.54 Å². The lowest BCUT2D eigenvalue weighted by Gasteiger charge is -2.16. The van der Waals surface area contributed by atoms with Gasteiger partial charge in [0.25, 0.3) is 5.91 Å². The van der Waals surface area contributed by atoms with E-state index in [0.29, 0.717) is 17.7 Å². The van der Waals surface area contributed by atoms with E-state index < -0.39 is 0 Å². The number of carbonyl (C=O) groups is 1. The number of aromatic nitrogens is 1. The molecule has 102 valence electrons. The van der Waals surface area contributed by atoms with E-state index in [1.165, 1.54) is 11.3 Å². The molecule has 0 unspecified atom stereocenters. The molecule has 0 spiro atoms. The Hall–Kier alpha value is -2.16. The largest absolute Gasteiger partial charge is 0.384 e. The van der Waals surface area contributed by atoms with Crippen LogP contribution in [0.5, 0.6) is 0 Å². The first-order valence-electron chi connectivity index (χ1n) is 6.03. The lowest BCUT2D eigenvalue weighted by atomic mass is 10.1. The van der Waals surface area contributed by atoms with Gasteiger partial charge in [-0.25, -0.2) is 4.98 Å². The number of nitrogens with zero attached hydrogens (tertiary/aromatic N) is 2. The molecule has 0 saturated heterocycles. The predicted octanol–water partition coefficient (Wildman–Crippen LogP) is 1.76. The highest BCUT2D eigenvalue weighted by molar-refractivity contribution is 7.07. The number of aliphatic hydroxyl groups is 1. The molecule has 2 aromatic rings. The van der Waals surface area contributed by atoms with E-state index in [1.807, 2.05) is 11.4 Å². The van der Waals surface area contributed by atoms with Gasteiger partial charge in [-0.05, 0) is 12.1 Å². The molecule has 0 saturated carbocycles. The summed E-state index contributed by atoms with van der Waals surface area (Å²) >= 11 is 1.50. The normalized spacial score (nSPS) is 9.70. The summed E-state index contributed by atoms with van der Waals surface area (Å²) in [6.07, 6.45) is 0. The van der Waals surface area contributed by atoms with Crippen LogP contribution in [0.25, 0.3) is 0 Å². The number of hydrogen-bond acceptors (Lipinski definition) is 4. The molecule has 0 bridgehead atoms. The zero-order valence-corrected chi connectivity index (χ0v) is 11.9. The maximum atomic E-state index is 12.4. The maximum absolute atomic E-state index is 12.4. The van der Waals surface area contributed by atoms with Gasteiger partial charge in [0.2, 0.25) is 0 Å². The smallest absolute Gasteiger partial charge is 0.255 e. The molecule has 1 N–H and O–H groups in total. The van der Waals surface area contributed by atoms with Crippen LogP contribution in [0.2, 0.25) is 0 Å². The van der Waals surface area contributed by atoms with Gasteiger partial charge in [0.15, 0.2) is 0 Å². The number of benzene rings is 1. The highest BCUT2D eigenvalue weighted by Crippen LogP contribution is 2.12. The lowest BCUT2D eigenvalue weighted by Crippen LogP contribution is -2.27. The molecule has 0 aliphatic carbocycles. The average Bonchev–Trinajstić information content (AvgIpc) is 2.97. The van der Waals surface area contributed by atoms with Crippen molar-refractivity contribution < 1.29 is 9.90 Å². The molecular formula is C15H14N2O2S. The first kappa shape index (κ1) is 14.3. The van der Waals surface area contributed by atoms with Gasteiger partial charge >= 0.3 is 0 Å². The summed E-state index contributed by atoms with van der Waals surface area (Å²) in [5, 5.41) is 10.7. The minimum absolute atomic E-state index is 0.110. The molecule has 0 aliphatic heterocycles. The van der Waals surface area contributed by atoms with Gasteiger partial charge in [-0.1, -0.05) is 24.0 Å². The summed E-state index contributed by atoms with van der Waals surface area (Å²) in [7, 11) is 1.73. The second-order valence-electron chi connectivity index (χ2n) is 4.15. The third kappa shape index (κ3) is 3.44. The zero-order valence-electron chi connectivity index (χ0n) is 11.0. The summed E-state index contributed by atoms with van der Waals surface area (Å²) in [5.41, 5.74) is 3.77. The van der Waals surface area contributed by atoms with Crippen LogP contribution in [0.4, 0.5) is 0 Å². The van der Waals surface area contributed by atoms with E-state index in [-0.39, 0.29) is 12.5 Å². The van der Waals surface area contributed by atoms with E-state index in [4.69, 9.17) is 5.11 Å². The second-order valence-corrected chi connectivity index (χ2v) is 4.87. The monoisotopic (exact) mass is 286 g/mol. The molecule has 1 amide bonds. The van der Waals surface area contributed by atoms with Crippen LogP contribution in [0.3, 0.4) is 0 Å². The molecule has 0 atom stereocenters. The minimum Gasteiger partial charge on any atom is -0.384 e. The van der Waals surface area contributed by atoms with Crippen LogP contribution in [-0.4, -0.2) is 34.6 Å². The molecule has 1 aromatic carbocycles. The van der Waals surface area contributed by atoms with Gasteiger partial charge < -0.3 is 10.0 Å². The number of thiazole rings is 1. The molecule has 20 heavy (non-hydrogen) atoms. The number of hydrogen-bond donors (Lipinski definition) is 1. The highest BCUT2D eigenvalue weighted by atomic mass is 32.1. The molecule has 0 aliphatic rings. The maximum Gasteiger partial charge on any atom is 0.255 e. The number of amides is 1. The Labute approximate surface area is 121 Å². The Bertz CT molecular complexity index is 641. The van der Waals surface area contributed by atoms with E-state index in [9.17, 15) is 4.79 Å². The molecule has 5 heteroatoms. The number of rotatable bonds is 3. The lowest BCUT2D eigenvalue weighted by molar-refractivity contribution is 0.0783. The quantitative estimate of drug-likeness (QED) is 0.875. The fourth-order valence-electron chi connectivity index (χ4n) is 1.75. The van der Waals surface area contributed by atoms with Crippen molar-refractivity contribution in [3.05, 3.63) is 52.0 Å². The third-order valence-corrected chi connectivity index (χ3v) is 3.32. The van der Waals surface area contributed by atoms with Gasteiger partial charge in [0.1, 0.15) is 6.61 Å². The van der Waals surface area contributed by atoms with Crippen molar-refractivity contribution in [2.75, 3.05) is 13.7 Å². The standard InChI is InChI=1S/C15H14N2O2S/c1-17(9-13-10-20-11-16-13)15(19)14-7-3-2-5-12(14)6-4-8-18/h2-3,5,7,10-11,18H,8-9H2,1H3. The van der Waals surface area contributed by atoms with Gasteiger partial charge in [-0.2, -0.15) is 0 Å². The Morgan fingerprint density at radius 3 is 2.95 bits per heavy atom. The SMILES string of the molecule is CN(Cc1cscn1)C(=O)c1ccccc1C#CCO. The fraction of sp³-hybridized carbons (Fsp3) is 0.200. The molecule has 1 aromatic heterocycles. The summed E-state index contributed by atoms with van der Waals surface area (Å²) < 4.78 is 0. The minimum atomic E-state index is -0.225. The number of aliphatic hydroxyl groups excluding tert-OH is 1. The first-order chi connectivity index (χ1) is 9.72. The summed E-state index contributed by atoms with van der Waals surface area (Å²) in [6.45, 7) is 0.237. The Kier molecular flexibility index (Phi) is 4.88. The van der Waals surface area contributed by atoms with Crippen molar-refractivity contribution >= 4 is 17.2 Å². The van der Waals surface area contributed by atoms with Crippen molar-refractivity contribution in [1.82, 2.24) is 9.88 Å². The van der Waals surface area contributed by atoms with E-state index in [1.54, 1.807) is 35.7 Å². The second kappa shape index (κ2) is 6.85. The molecule has 1 heterocycles. The van der Waals surface area contributed by atoms with Crippen molar-refractivity contribution in [3.8, 4) is 11.8 Å². The topological polar surface area (TPSA) is 53.4 Å². The Morgan fingerprint density at radius 1 is 1.45 bits per heavy atom. The van der Waals surface area contributed by atoms with Crippen LogP contribution in [0.1, 0.15) is 21.6 Å². The highest BCUT2D eigenvalue weighted by Gasteiger charge is 2.15. The molecule has 4 nitrogen and oxygen atoms in total. The van der Waals surface area contributed by atoms with Crippen LogP contribution in [0.15, 0.2) is 35.2 Å². The third-order valence-electron chi connectivity index (χ3n) is 2.69. The molecule has 0 radical (unpaired) electrons. The molecular weight excluding hydrogens is 272 g/mol. The van der Waals surface area contributed by atoms with Crippen LogP contribution < -0.4 is 0 Å². The van der Waals surface area contributed by atoms with Gasteiger partial charge in [0, 0.05) is 18.0 Å². The fourth-order valence-corrected chi connectivity index (χ4v) is 2.30. The van der Waals surface area contributed by atoms with Gasteiger partial charge in [-0.3, -0.25) is 4.79 Å². The van der Waals surface area contributed by atoms with Crippen molar-refractivity contribution in [3.63, 3.8) is 0 Å². The number of carbonyl (C=O) groups excluding carboxylic acids is 1. The Balaban J connectivity index is 2.20. The van der Waals surface area contributed by atoms with E-state index >= 15 is 0 Å². The van der Waals surface area contributed by atoms with Crippen LogP contribution >= 0.6 is 11.3 Å².